The molecule has 1 amide bonds. The van der Waals surface area contributed by atoms with Crippen molar-refractivity contribution < 1.29 is 19.4 Å². The molecular weight excluding hydrogens is 334 g/mol. The predicted octanol–water partition coefficient (Wildman–Crippen LogP) is 2.05. The number of aromatic nitrogens is 2. The van der Waals surface area contributed by atoms with Crippen LogP contribution < -0.4 is 10.1 Å². The third-order valence-corrected chi connectivity index (χ3v) is 3.36. The Balaban J connectivity index is 1.99. The Morgan fingerprint density at radius 2 is 2.04 bits per heavy atom. The van der Waals surface area contributed by atoms with Crippen molar-refractivity contribution in [1.29, 1.82) is 0 Å². The van der Waals surface area contributed by atoms with Crippen LogP contribution in [0.4, 0.5) is 17.1 Å². The average Bonchev–Trinajstić information content (AvgIpc) is 2.98. The summed E-state index contributed by atoms with van der Waals surface area (Å²) < 4.78 is 6.06. The maximum Gasteiger partial charge on any atom is 0.350 e. The van der Waals surface area contributed by atoms with E-state index >= 15 is 0 Å². The monoisotopic (exact) mass is 349 g/mol. The van der Waals surface area contributed by atoms with Crippen LogP contribution in [0.2, 0.25) is 0 Å². The fourth-order valence-electron chi connectivity index (χ4n) is 2.11. The molecule has 0 atom stereocenters. The average molecular weight is 349 g/mol. The molecule has 25 heavy (non-hydrogen) atoms. The van der Waals surface area contributed by atoms with Crippen molar-refractivity contribution in [3.05, 3.63) is 50.2 Å². The van der Waals surface area contributed by atoms with Crippen LogP contribution in [0.25, 0.3) is 0 Å². The van der Waals surface area contributed by atoms with Gasteiger partial charge in [0.2, 0.25) is 5.91 Å². The first-order valence-corrected chi connectivity index (χ1v) is 7.12. The normalized spacial score (nSPS) is 10.3. The molecule has 0 aliphatic carbocycles. The molecule has 0 radical (unpaired) electrons. The van der Waals surface area contributed by atoms with E-state index in [2.05, 4.69) is 10.4 Å². The molecule has 0 aliphatic rings. The molecule has 1 N–H and O–H groups in total. The zero-order valence-corrected chi connectivity index (χ0v) is 13.5. The lowest BCUT2D eigenvalue weighted by molar-refractivity contribution is -0.385. The number of nitrogens with zero attached hydrogens (tertiary/aromatic N) is 4. The Bertz CT molecular complexity index is 831. The van der Waals surface area contributed by atoms with Gasteiger partial charge >= 0.3 is 11.6 Å². The van der Waals surface area contributed by atoms with Gasteiger partial charge in [-0.05, 0) is 18.6 Å². The summed E-state index contributed by atoms with van der Waals surface area (Å²) in [6, 6.07) is 4.11. The van der Waals surface area contributed by atoms with E-state index in [4.69, 9.17) is 4.74 Å². The zero-order valence-electron chi connectivity index (χ0n) is 13.5. The van der Waals surface area contributed by atoms with Gasteiger partial charge in [0.15, 0.2) is 0 Å². The second kappa shape index (κ2) is 7.38. The zero-order chi connectivity index (χ0) is 18.6. The lowest BCUT2D eigenvalue weighted by Gasteiger charge is -2.08. The maximum absolute atomic E-state index is 12.0. The van der Waals surface area contributed by atoms with Gasteiger partial charge in [-0.1, -0.05) is 0 Å². The number of non-ortho nitro benzene ring substituents is 1. The highest BCUT2D eigenvalue weighted by atomic mass is 16.6. The van der Waals surface area contributed by atoms with Crippen LogP contribution in [0, 0.1) is 27.2 Å². The van der Waals surface area contributed by atoms with Crippen molar-refractivity contribution in [1.82, 2.24) is 9.78 Å². The smallest absolute Gasteiger partial charge is 0.350 e. The molecule has 11 heteroatoms. The first kappa shape index (κ1) is 17.8. The van der Waals surface area contributed by atoms with Gasteiger partial charge in [-0.3, -0.25) is 29.7 Å². The van der Waals surface area contributed by atoms with Crippen molar-refractivity contribution in [3.8, 4) is 5.88 Å². The number of carbonyl (C=O) groups excluding carboxylic acids is 1. The Morgan fingerprint density at radius 3 is 2.56 bits per heavy atom. The van der Waals surface area contributed by atoms with Crippen LogP contribution >= 0.6 is 0 Å². The first-order valence-electron chi connectivity index (χ1n) is 7.12. The third-order valence-electron chi connectivity index (χ3n) is 3.36. The molecule has 1 heterocycles. The van der Waals surface area contributed by atoms with Crippen LogP contribution in [0.15, 0.2) is 24.4 Å². The number of methoxy groups -OCH3 is 1. The summed E-state index contributed by atoms with van der Waals surface area (Å²) in [7, 11) is 1.27. The second-order valence-electron chi connectivity index (χ2n) is 5.10. The molecule has 0 saturated heterocycles. The molecular formula is C14H15N5O6. The largest absolute Gasteiger partial charge is 0.475 e. The number of hydrogen-bond acceptors (Lipinski definition) is 7. The third kappa shape index (κ3) is 4.28. The van der Waals surface area contributed by atoms with Crippen molar-refractivity contribution in [2.75, 3.05) is 12.4 Å². The summed E-state index contributed by atoms with van der Waals surface area (Å²) in [4.78, 5) is 32.4. The number of nitro benzene ring substituents is 1. The number of rotatable bonds is 7. The summed E-state index contributed by atoms with van der Waals surface area (Å²) in [5, 5.41) is 28.0. The number of amides is 1. The van der Waals surface area contributed by atoms with Gasteiger partial charge in [-0.15, -0.1) is 5.10 Å². The molecule has 0 aliphatic heterocycles. The lowest BCUT2D eigenvalue weighted by Crippen LogP contribution is -2.15. The van der Waals surface area contributed by atoms with E-state index in [1.807, 2.05) is 0 Å². The first-order chi connectivity index (χ1) is 11.8. The van der Waals surface area contributed by atoms with E-state index in [-0.39, 0.29) is 36.1 Å². The van der Waals surface area contributed by atoms with E-state index in [1.54, 1.807) is 6.92 Å². The highest BCUT2D eigenvalue weighted by Gasteiger charge is 2.20. The SMILES string of the molecule is COc1nn(CCC(=O)Nc2ccc([N+](=O)[O-])cc2C)cc1[N+](=O)[O-]. The number of hydrogen-bond donors (Lipinski definition) is 1. The topological polar surface area (TPSA) is 142 Å². The minimum atomic E-state index is -0.622. The van der Waals surface area contributed by atoms with Crippen molar-refractivity contribution in [3.63, 3.8) is 0 Å². The molecule has 1 aromatic heterocycles. The van der Waals surface area contributed by atoms with E-state index in [9.17, 15) is 25.0 Å². The van der Waals surface area contributed by atoms with Gasteiger partial charge in [-0.25, -0.2) is 0 Å². The molecule has 1 aromatic carbocycles. The molecule has 0 bridgehead atoms. The summed E-state index contributed by atoms with van der Waals surface area (Å²) in [6.45, 7) is 1.76. The van der Waals surface area contributed by atoms with E-state index in [1.165, 1.54) is 36.2 Å². The Labute approximate surface area is 141 Å². The highest BCUT2D eigenvalue weighted by Crippen LogP contribution is 2.24. The standard InChI is InChI=1S/C14H15N5O6/c1-9-7-10(18(21)22)3-4-11(9)15-13(20)5-6-17-8-12(19(23)24)14(16-17)25-2/h3-4,7-8H,5-6H2,1-2H3,(H,15,20). The molecule has 2 rings (SSSR count). The van der Waals surface area contributed by atoms with E-state index in [0.29, 0.717) is 11.3 Å². The number of carbonyl (C=O) groups is 1. The minimum absolute atomic E-state index is 0.0123. The minimum Gasteiger partial charge on any atom is -0.475 e. The fourth-order valence-corrected chi connectivity index (χ4v) is 2.11. The number of nitrogens with one attached hydrogen (secondary N) is 1. The van der Waals surface area contributed by atoms with Crippen molar-refractivity contribution >= 4 is 23.0 Å². The van der Waals surface area contributed by atoms with Gasteiger partial charge in [0.1, 0.15) is 6.20 Å². The van der Waals surface area contributed by atoms with Crippen LogP contribution in [0.5, 0.6) is 5.88 Å². The molecule has 0 spiro atoms. The Hall–Kier alpha value is -3.50. The summed E-state index contributed by atoms with van der Waals surface area (Å²) in [5.41, 5.74) is 0.666. The summed E-state index contributed by atoms with van der Waals surface area (Å²) in [6.07, 6.45) is 1.20. The van der Waals surface area contributed by atoms with Gasteiger partial charge in [0.25, 0.3) is 5.69 Å². The number of nitro groups is 2. The molecule has 11 nitrogen and oxygen atoms in total. The van der Waals surface area contributed by atoms with Crippen molar-refractivity contribution in [2.24, 2.45) is 0 Å². The van der Waals surface area contributed by atoms with E-state index in [0.717, 1.165) is 0 Å². The molecule has 132 valence electrons. The van der Waals surface area contributed by atoms with Gasteiger partial charge in [0.05, 0.1) is 23.5 Å². The summed E-state index contributed by atoms with van der Waals surface area (Å²) >= 11 is 0. The predicted molar refractivity (Wildman–Crippen MR) is 86.5 cm³/mol. The van der Waals surface area contributed by atoms with Crippen LogP contribution in [0.1, 0.15) is 12.0 Å². The van der Waals surface area contributed by atoms with Crippen LogP contribution in [-0.4, -0.2) is 32.6 Å². The Kier molecular flexibility index (Phi) is 5.27. The molecule has 2 aromatic rings. The highest BCUT2D eigenvalue weighted by molar-refractivity contribution is 5.91. The van der Waals surface area contributed by atoms with Gasteiger partial charge < -0.3 is 10.1 Å². The number of benzene rings is 1. The quantitative estimate of drug-likeness (QED) is 0.595. The maximum atomic E-state index is 12.0. The fraction of sp³-hybridized carbons (Fsp3) is 0.286. The van der Waals surface area contributed by atoms with Gasteiger partial charge in [0, 0.05) is 24.2 Å². The van der Waals surface area contributed by atoms with Crippen molar-refractivity contribution in [2.45, 2.75) is 19.9 Å². The lowest BCUT2D eigenvalue weighted by atomic mass is 10.1. The number of aryl methyl sites for hydroxylation is 2. The Morgan fingerprint density at radius 1 is 1.32 bits per heavy atom. The molecule has 0 unspecified atom stereocenters. The number of ether oxygens (including phenoxy) is 1. The van der Waals surface area contributed by atoms with Crippen LogP contribution in [0.3, 0.4) is 0 Å². The van der Waals surface area contributed by atoms with Gasteiger partial charge in [-0.2, -0.15) is 0 Å². The molecule has 0 fully saturated rings. The van der Waals surface area contributed by atoms with E-state index < -0.39 is 9.85 Å². The molecule has 0 saturated carbocycles. The van der Waals surface area contributed by atoms with Crippen LogP contribution in [-0.2, 0) is 11.3 Å². The number of anilines is 1. The second-order valence-corrected chi connectivity index (χ2v) is 5.10. The summed E-state index contributed by atoms with van der Waals surface area (Å²) in [5.74, 6) is -0.481.